The molecule has 0 unspecified atom stereocenters. The number of halogens is 1. The lowest BCUT2D eigenvalue weighted by Crippen LogP contribution is -2.14. The quantitative estimate of drug-likeness (QED) is 0.932. The van der Waals surface area contributed by atoms with Gasteiger partial charge in [0.15, 0.2) is 0 Å². The third-order valence-corrected chi connectivity index (χ3v) is 4.21. The molecule has 0 atom stereocenters. The summed E-state index contributed by atoms with van der Waals surface area (Å²) >= 11 is 7.84. The van der Waals surface area contributed by atoms with E-state index in [0.29, 0.717) is 6.04 Å². The molecule has 0 radical (unpaired) electrons. The normalized spacial score (nSPS) is 15.0. The first kappa shape index (κ1) is 12.1. The molecule has 18 heavy (non-hydrogen) atoms. The van der Waals surface area contributed by atoms with E-state index in [2.05, 4.69) is 15.5 Å². The van der Waals surface area contributed by atoms with Crippen LogP contribution in [0.4, 0.5) is 0 Å². The second kappa shape index (κ2) is 4.96. The van der Waals surface area contributed by atoms with Gasteiger partial charge in [-0.2, -0.15) is 0 Å². The Kier molecular flexibility index (Phi) is 3.33. The van der Waals surface area contributed by atoms with Gasteiger partial charge in [-0.3, -0.25) is 0 Å². The maximum atomic E-state index is 6.23. The van der Waals surface area contributed by atoms with Crippen LogP contribution in [0.2, 0.25) is 5.02 Å². The van der Waals surface area contributed by atoms with E-state index < -0.39 is 0 Å². The van der Waals surface area contributed by atoms with Crippen molar-refractivity contribution in [3.8, 4) is 10.6 Å². The number of rotatable bonds is 4. The van der Waals surface area contributed by atoms with Crippen LogP contribution in [0.25, 0.3) is 10.6 Å². The molecule has 1 heterocycles. The van der Waals surface area contributed by atoms with Crippen molar-refractivity contribution in [1.29, 1.82) is 0 Å². The van der Waals surface area contributed by atoms with Crippen molar-refractivity contribution in [3.63, 3.8) is 0 Å². The van der Waals surface area contributed by atoms with Gasteiger partial charge in [-0.15, -0.1) is 10.2 Å². The van der Waals surface area contributed by atoms with Gasteiger partial charge < -0.3 is 5.32 Å². The van der Waals surface area contributed by atoms with Gasteiger partial charge >= 0.3 is 0 Å². The molecule has 1 N–H and O–H groups in total. The molecule has 3 nitrogen and oxygen atoms in total. The van der Waals surface area contributed by atoms with Crippen LogP contribution < -0.4 is 5.32 Å². The highest BCUT2D eigenvalue weighted by molar-refractivity contribution is 7.14. The molecule has 1 fully saturated rings. The number of benzene rings is 1. The van der Waals surface area contributed by atoms with Crippen LogP contribution in [-0.2, 0) is 6.54 Å². The predicted octanol–water partition coefficient (Wildman–Crippen LogP) is 3.42. The van der Waals surface area contributed by atoms with Crippen molar-refractivity contribution in [2.75, 3.05) is 0 Å². The Labute approximate surface area is 115 Å². The lowest BCUT2D eigenvalue weighted by Gasteiger charge is -2.00. The summed E-state index contributed by atoms with van der Waals surface area (Å²) in [5, 5.41) is 14.5. The van der Waals surface area contributed by atoms with Gasteiger partial charge in [-0.05, 0) is 31.4 Å². The molecule has 2 aromatic rings. The molecule has 0 saturated heterocycles. The van der Waals surface area contributed by atoms with E-state index in [1.807, 2.05) is 25.1 Å². The Morgan fingerprint density at radius 3 is 2.94 bits per heavy atom. The lowest BCUT2D eigenvalue weighted by molar-refractivity contribution is 0.679. The standard InChI is InChI=1S/C13H14ClN3S/c1-8-2-5-10(11(14)6-8)13-17-16-12(18-13)7-15-9-3-4-9/h2,5-6,9,15H,3-4,7H2,1H3. The van der Waals surface area contributed by atoms with Crippen LogP contribution in [-0.4, -0.2) is 16.2 Å². The zero-order valence-electron chi connectivity index (χ0n) is 10.1. The zero-order chi connectivity index (χ0) is 12.5. The molecule has 1 aliphatic carbocycles. The number of aromatic nitrogens is 2. The van der Waals surface area contributed by atoms with Crippen molar-refractivity contribution in [2.24, 2.45) is 0 Å². The minimum Gasteiger partial charge on any atom is -0.308 e. The minimum absolute atomic E-state index is 0.695. The SMILES string of the molecule is Cc1ccc(-c2nnc(CNC3CC3)s2)c(Cl)c1. The average molecular weight is 280 g/mol. The molecular weight excluding hydrogens is 266 g/mol. The number of hydrogen-bond acceptors (Lipinski definition) is 4. The van der Waals surface area contributed by atoms with Gasteiger partial charge in [0.2, 0.25) is 0 Å². The van der Waals surface area contributed by atoms with E-state index in [4.69, 9.17) is 11.6 Å². The second-order valence-electron chi connectivity index (χ2n) is 4.64. The van der Waals surface area contributed by atoms with E-state index in [1.165, 1.54) is 12.8 Å². The van der Waals surface area contributed by atoms with Crippen molar-refractivity contribution in [3.05, 3.63) is 33.8 Å². The van der Waals surface area contributed by atoms with Crippen LogP contribution in [0.15, 0.2) is 18.2 Å². The van der Waals surface area contributed by atoms with Crippen LogP contribution in [0, 0.1) is 6.92 Å². The fourth-order valence-electron chi connectivity index (χ4n) is 1.75. The van der Waals surface area contributed by atoms with Crippen molar-refractivity contribution < 1.29 is 0 Å². The summed E-state index contributed by atoms with van der Waals surface area (Å²) in [7, 11) is 0. The van der Waals surface area contributed by atoms with Crippen LogP contribution in [0.5, 0.6) is 0 Å². The lowest BCUT2D eigenvalue weighted by atomic mass is 10.2. The van der Waals surface area contributed by atoms with Crippen LogP contribution in [0.1, 0.15) is 23.4 Å². The number of hydrogen-bond donors (Lipinski definition) is 1. The van der Waals surface area contributed by atoms with E-state index in [-0.39, 0.29) is 0 Å². The Bertz CT molecular complexity index is 563. The molecule has 0 spiro atoms. The Morgan fingerprint density at radius 2 is 2.22 bits per heavy atom. The molecule has 1 aliphatic rings. The summed E-state index contributed by atoms with van der Waals surface area (Å²) in [6.07, 6.45) is 2.57. The van der Waals surface area contributed by atoms with Crippen molar-refractivity contribution >= 4 is 22.9 Å². The zero-order valence-corrected chi connectivity index (χ0v) is 11.7. The van der Waals surface area contributed by atoms with Gasteiger partial charge in [0.05, 0.1) is 5.02 Å². The first-order valence-electron chi connectivity index (χ1n) is 6.04. The van der Waals surface area contributed by atoms with Gasteiger partial charge in [0.1, 0.15) is 10.0 Å². The molecule has 0 amide bonds. The molecule has 5 heteroatoms. The topological polar surface area (TPSA) is 37.8 Å². The smallest absolute Gasteiger partial charge is 0.149 e. The van der Waals surface area contributed by atoms with Crippen molar-refractivity contribution in [2.45, 2.75) is 32.4 Å². The van der Waals surface area contributed by atoms with E-state index in [1.54, 1.807) is 11.3 Å². The van der Waals surface area contributed by atoms with Gasteiger partial charge in [0.25, 0.3) is 0 Å². The molecule has 3 rings (SSSR count). The Hall–Kier alpha value is -0.970. The first-order chi connectivity index (χ1) is 8.72. The first-order valence-corrected chi connectivity index (χ1v) is 7.24. The highest BCUT2D eigenvalue weighted by atomic mass is 35.5. The molecule has 0 bridgehead atoms. The van der Waals surface area contributed by atoms with E-state index in [9.17, 15) is 0 Å². The molecule has 1 saturated carbocycles. The largest absolute Gasteiger partial charge is 0.308 e. The molecule has 1 aromatic heterocycles. The summed E-state index contributed by atoms with van der Waals surface area (Å²) in [5.41, 5.74) is 2.13. The molecular formula is C13H14ClN3S. The van der Waals surface area contributed by atoms with Gasteiger partial charge in [-0.25, -0.2) is 0 Å². The maximum Gasteiger partial charge on any atom is 0.149 e. The third kappa shape index (κ3) is 2.71. The average Bonchev–Trinajstić information content (AvgIpc) is 3.05. The van der Waals surface area contributed by atoms with Gasteiger partial charge in [-0.1, -0.05) is 35.1 Å². The van der Waals surface area contributed by atoms with Crippen LogP contribution >= 0.6 is 22.9 Å². The summed E-state index contributed by atoms with van der Waals surface area (Å²) in [5.74, 6) is 0. The highest BCUT2D eigenvalue weighted by Gasteiger charge is 2.21. The van der Waals surface area contributed by atoms with Gasteiger partial charge in [0, 0.05) is 18.2 Å². The summed E-state index contributed by atoms with van der Waals surface area (Å²) in [6, 6.07) is 6.71. The maximum absolute atomic E-state index is 6.23. The fourth-order valence-corrected chi connectivity index (χ4v) is 2.96. The minimum atomic E-state index is 0.695. The highest BCUT2D eigenvalue weighted by Crippen LogP contribution is 2.31. The molecule has 1 aromatic carbocycles. The summed E-state index contributed by atoms with van der Waals surface area (Å²) in [4.78, 5) is 0. The number of nitrogens with one attached hydrogen (secondary N) is 1. The Morgan fingerprint density at radius 1 is 1.39 bits per heavy atom. The van der Waals surface area contributed by atoms with E-state index in [0.717, 1.165) is 32.7 Å². The predicted molar refractivity (Wildman–Crippen MR) is 75.0 cm³/mol. The monoisotopic (exact) mass is 279 g/mol. The fraction of sp³-hybridized carbons (Fsp3) is 0.385. The number of aryl methyl sites for hydroxylation is 1. The van der Waals surface area contributed by atoms with Crippen molar-refractivity contribution in [1.82, 2.24) is 15.5 Å². The molecule has 0 aliphatic heterocycles. The number of nitrogens with zero attached hydrogens (tertiary/aromatic N) is 2. The van der Waals surface area contributed by atoms with Crippen LogP contribution in [0.3, 0.4) is 0 Å². The summed E-state index contributed by atoms with van der Waals surface area (Å²) in [6.45, 7) is 2.84. The third-order valence-electron chi connectivity index (χ3n) is 2.94. The second-order valence-corrected chi connectivity index (χ2v) is 6.11. The Balaban J connectivity index is 1.78. The molecule has 94 valence electrons. The summed E-state index contributed by atoms with van der Waals surface area (Å²) < 4.78 is 0. The van der Waals surface area contributed by atoms with E-state index >= 15 is 0 Å².